The third kappa shape index (κ3) is 4.38. The van der Waals surface area contributed by atoms with Crippen LogP contribution in [0.5, 0.6) is 5.75 Å². The maximum atomic E-state index is 13.1. The second-order valence-electron chi connectivity index (χ2n) is 7.40. The molecule has 32 heavy (non-hydrogen) atoms. The number of morpholine rings is 1. The predicted molar refractivity (Wildman–Crippen MR) is 114 cm³/mol. The quantitative estimate of drug-likeness (QED) is 0.530. The number of rotatable bonds is 4. The molecule has 9 nitrogen and oxygen atoms in total. The molecule has 1 saturated heterocycles. The van der Waals surface area contributed by atoms with Gasteiger partial charge in [0.15, 0.2) is 6.10 Å². The Morgan fingerprint density at radius 2 is 1.91 bits per heavy atom. The predicted octanol–water partition coefficient (Wildman–Crippen LogP) is 2.04. The van der Waals surface area contributed by atoms with Crippen LogP contribution in [0.25, 0.3) is 6.08 Å². The fourth-order valence-corrected chi connectivity index (χ4v) is 3.70. The summed E-state index contributed by atoms with van der Waals surface area (Å²) in [7, 11) is 1.29. The summed E-state index contributed by atoms with van der Waals surface area (Å²) in [6.45, 7) is 3.68. The van der Waals surface area contributed by atoms with Gasteiger partial charge in [-0.15, -0.1) is 0 Å². The largest absolute Gasteiger partial charge is 0.476 e. The van der Waals surface area contributed by atoms with Crippen LogP contribution in [0.1, 0.15) is 21.9 Å². The van der Waals surface area contributed by atoms with Crippen molar-refractivity contribution in [1.82, 2.24) is 4.90 Å². The second kappa shape index (κ2) is 9.27. The maximum Gasteiger partial charge on any atom is 0.341 e. The Kier molecular flexibility index (Phi) is 6.27. The van der Waals surface area contributed by atoms with Crippen molar-refractivity contribution < 1.29 is 33.0 Å². The number of furan rings is 1. The van der Waals surface area contributed by atoms with Gasteiger partial charge in [0.25, 0.3) is 11.8 Å². The Morgan fingerprint density at radius 3 is 2.66 bits per heavy atom. The molecule has 2 aliphatic heterocycles. The molecule has 0 aliphatic carbocycles. The van der Waals surface area contributed by atoms with Crippen molar-refractivity contribution >= 4 is 29.5 Å². The van der Waals surface area contributed by atoms with Crippen LogP contribution in [0.2, 0.25) is 0 Å². The van der Waals surface area contributed by atoms with Crippen molar-refractivity contribution in [1.29, 1.82) is 0 Å². The number of fused-ring (bicyclic) bond motifs is 1. The lowest BCUT2D eigenvalue weighted by atomic mass is 10.1. The van der Waals surface area contributed by atoms with Gasteiger partial charge in [-0.05, 0) is 31.2 Å². The van der Waals surface area contributed by atoms with Gasteiger partial charge in [-0.25, -0.2) is 4.79 Å². The van der Waals surface area contributed by atoms with Gasteiger partial charge in [-0.3, -0.25) is 9.59 Å². The van der Waals surface area contributed by atoms with Crippen LogP contribution >= 0.6 is 0 Å². The molecule has 1 atom stereocenters. The number of anilines is 1. The number of esters is 1. The molecule has 0 bridgehead atoms. The van der Waals surface area contributed by atoms with E-state index in [0.29, 0.717) is 54.8 Å². The molecular formula is C23H24N2O7. The minimum Gasteiger partial charge on any atom is -0.476 e. The van der Waals surface area contributed by atoms with Crippen LogP contribution in [0, 0.1) is 6.92 Å². The van der Waals surface area contributed by atoms with Gasteiger partial charge in [-0.1, -0.05) is 12.1 Å². The highest BCUT2D eigenvalue weighted by Gasteiger charge is 2.35. The molecule has 2 amide bonds. The van der Waals surface area contributed by atoms with Crippen molar-refractivity contribution in [2.45, 2.75) is 13.0 Å². The maximum absolute atomic E-state index is 13.1. The van der Waals surface area contributed by atoms with E-state index in [4.69, 9.17) is 18.6 Å². The molecule has 1 aromatic heterocycles. The summed E-state index contributed by atoms with van der Waals surface area (Å²) in [6, 6.07) is 8.61. The summed E-state index contributed by atoms with van der Waals surface area (Å²) in [5.74, 6) is 0.191. The van der Waals surface area contributed by atoms with Crippen molar-refractivity contribution in [3.8, 4) is 5.75 Å². The molecule has 168 valence electrons. The summed E-state index contributed by atoms with van der Waals surface area (Å²) in [6.07, 6.45) is 2.02. The topological polar surface area (TPSA) is 98.5 Å². The number of carbonyl (C=O) groups excluding carboxylic acids is 3. The first-order chi connectivity index (χ1) is 15.5. The Balaban J connectivity index is 1.54. The SMILES string of the molecule is COC(=O)c1cc(/C=C/C(=O)N2CC(C(=O)N3CCOCC3)Oc3ccccc32)oc1C. The molecule has 0 spiro atoms. The fraction of sp³-hybridized carbons (Fsp3) is 0.348. The van der Waals surface area contributed by atoms with Gasteiger partial charge in [0.05, 0.1) is 32.6 Å². The van der Waals surface area contributed by atoms with E-state index in [-0.39, 0.29) is 18.4 Å². The minimum atomic E-state index is -0.808. The fourth-order valence-electron chi connectivity index (χ4n) is 3.70. The first-order valence-electron chi connectivity index (χ1n) is 10.3. The zero-order chi connectivity index (χ0) is 22.7. The van der Waals surface area contributed by atoms with Gasteiger partial charge >= 0.3 is 5.97 Å². The Labute approximate surface area is 185 Å². The van der Waals surface area contributed by atoms with E-state index >= 15 is 0 Å². The summed E-state index contributed by atoms with van der Waals surface area (Å²) in [5, 5.41) is 0. The monoisotopic (exact) mass is 440 g/mol. The van der Waals surface area contributed by atoms with E-state index < -0.39 is 12.1 Å². The smallest absolute Gasteiger partial charge is 0.341 e. The lowest BCUT2D eigenvalue weighted by molar-refractivity contribution is -0.142. The number of hydrogen-bond acceptors (Lipinski definition) is 7. The molecule has 2 aromatic rings. The number of para-hydroxylation sites is 2. The van der Waals surface area contributed by atoms with Crippen molar-refractivity contribution in [2.75, 3.05) is 44.9 Å². The van der Waals surface area contributed by atoms with E-state index in [9.17, 15) is 14.4 Å². The highest BCUT2D eigenvalue weighted by atomic mass is 16.5. The Hall–Kier alpha value is -3.59. The van der Waals surface area contributed by atoms with E-state index in [1.165, 1.54) is 30.2 Å². The van der Waals surface area contributed by atoms with Gasteiger partial charge in [0.1, 0.15) is 22.8 Å². The number of ether oxygens (including phenoxy) is 3. The molecule has 0 radical (unpaired) electrons. The van der Waals surface area contributed by atoms with Crippen molar-refractivity contribution in [3.05, 3.63) is 53.5 Å². The van der Waals surface area contributed by atoms with Gasteiger partial charge in [-0.2, -0.15) is 0 Å². The number of aryl methyl sites for hydroxylation is 1. The highest BCUT2D eigenvalue weighted by molar-refractivity contribution is 6.05. The summed E-state index contributed by atoms with van der Waals surface area (Å²) in [5.41, 5.74) is 0.881. The molecule has 1 aromatic carbocycles. The van der Waals surface area contributed by atoms with Gasteiger partial charge in [0, 0.05) is 19.2 Å². The molecule has 4 rings (SSSR count). The van der Waals surface area contributed by atoms with E-state index in [1.54, 1.807) is 36.1 Å². The molecule has 1 fully saturated rings. The van der Waals surface area contributed by atoms with Crippen LogP contribution < -0.4 is 9.64 Å². The first kappa shape index (κ1) is 21.6. The van der Waals surface area contributed by atoms with Crippen LogP contribution in [0.15, 0.2) is 40.8 Å². The average Bonchev–Trinajstić information content (AvgIpc) is 3.21. The van der Waals surface area contributed by atoms with Crippen molar-refractivity contribution in [2.24, 2.45) is 0 Å². The van der Waals surface area contributed by atoms with Gasteiger partial charge < -0.3 is 28.4 Å². The average molecular weight is 440 g/mol. The number of nitrogens with zero attached hydrogens (tertiary/aromatic N) is 2. The Morgan fingerprint density at radius 1 is 1.16 bits per heavy atom. The van der Waals surface area contributed by atoms with Crippen LogP contribution in [-0.2, 0) is 19.1 Å². The molecule has 0 saturated carbocycles. The summed E-state index contributed by atoms with van der Waals surface area (Å²) >= 11 is 0. The first-order valence-corrected chi connectivity index (χ1v) is 10.3. The van der Waals surface area contributed by atoms with E-state index in [0.717, 1.165) is 0 Å². The standard InChI is InChI=1S/C23H24N2O7/c1-15-17(23(28)29-2)13-16(31-15)7-8-21(26)25-14-20(22(27)24-9-11-30-12-10-24)32-19-6-4-3-5-18(19)25/h3-8,13,20H,9-12,14H2,1-2H3/b8-7+. The number of benzene rings is 1. The lowest BCUT2D eigenvalue weighted by Gasteiger charge is -2.37. The third-order valence-electron chi connectivity index (χ3n) is 5.37. The third-order valence-corrected chi connectivity index (χ3v) is 5.37. The second-order valence-corrected chi connectivity index (χ2v) is 7.40. The molecular weight excluding hydrogens is 416 g/mol. The number of methoxy groups -OCH3 is 1. The van der Waals surface area contributed by atoms with Crippen LogP contribution in [0.4, 0.5) is 5.69 Å². The molecule has 2 aliphatic rings. The summed E-state index contributed by atoms with van der Waals surface area (Å²) < 4.78 is 21.5. The van der Waals surface area contributed by atoms with Crippen molar-refractivity contribution in [3.63, 3.8) is 0 Å². The zero-order valence-corrected chi connectivity index (χ0v) is 17.9. The van der Waals surface area contributed by atoms with Crippen LogP contribution in [0.3, 0.4) is 0 Å². The van der Waals surface area contributed by atoms with Crippen LogP contribution in [-0.4, -0.2) is 68.7 Å². The Bertz CT molecular complexity index is 1050. The molecule has 3 heterocycles. The minimum absolute atomic E-state index is 0.0843. The molecule has 1 unspecified atom stereocenters. The number of amides is 2. The normalized spacial score (nSPS) is 18.2. The molecule has 0 N–H and O–H groups in total. The number of hydrogen-bond donors (Lipinski definition) is 0. The zero-order valence-electron chi connectivity index (χ0n) is 17.9. The van der Waals surface area contributed by atoms with E-state index in [1.807, 2.05) is 0 Å². The summed E-state index contributed by atoms with van der Waals surface area (Å²) in [4.78, 5) is 41.0. The van der Waals surface area contributed by atoms with E-state index in [2.05, 4.69) is 0 Å². The number of carbonyl (C=O) groups is 3. The molecule has 9 heteroatoms. The highest BCUT2D eigenvalue weighted by Crippen LogP contribution is 2.34. The van der Waals surface area contributed by atoms with Gasteiger partial charge in [0.2, 0.25) is 0 Å². The lowest BCUT2D eigenvalue weighted by Crippen LogP contribution is -2.53.